The lowest BCUT2D eigenvalue weighted by molar-refractivity contribution is -0.143. The molecule has 176 valence electrons. The van der Waals surface area contributed by atoms with Crippen LogP contribution in [0.1, 0.15) is 11.9 Å². The first-order valence-electron chi connectivity index (χ1n) is 10.7. The molecule has 0 radical (unpaired) electrons. The lowest BCUT2D eigenvalue weighted by Gasteiger charge is -2.32. The van der Waals surface area contributed by atoms with E-state index in [4.69, 9.17) is 15.0 Å². The number of nitrogen functional groups attached to an aromatic ring is 1. The van der Waals surface area contributed by atoms with E-state index in [2.05, 4.69) is 25.2 Å². The molecule has 0 bridgehead atoms. The average molecular weight is 474 g/mol. The predicted molar refractivity (Wildman–Crippen MR) is 123 cm³/mol. The van der Waals surface area contributed by atoms with Crippen molar-refractivity contribution in [2.45, 2.75) is 12.2 Å². The third-order valence-electron chi connectivity index (χ3n) is 5.81. The lowest BCUT2D eigenvalue weighted by Crippen LogP contribution is -2.50. The minimum atomic E-state index is -1.58. The lowest BCUT2D eigenvalue weighted by atomic mass is 10.1. The molecular formula is C22H18N8O5. The summed E-state index contributed by atoms with van der Waals surface area (Å²) in [6.45, 7) is 0.394. The van der Waals surface area contributed by atoms with Crippen LogP contribution in [-0.4, -0.2) is 60.2 Å². The number of morpholine rings is 1. The molecular weight excluding hydrogens is 456 g/mol. The average Bonchev–Trinajstić information content (AvgIpc) is 3.51. The van der Waals surface area contributed by atoms with E-state index in [0.717, 1.165) is 5.69 Å². The van der Waals surface area contributed by atoms with E-state index in [1.54, 1.807) is 53.6 Å². The molecule has 5 aromatic rings. The van der Waals surface area contributed by atoms with Gasteiger partial charge >= 0.3 is 0 Å². The molecule has 0 spiro atoms. The number of ether oxygens (including phenoxy) is 1. The molecule has 0 unspecified atom stereocenters. The quantitative estimate of drug-likeness (QED) is 0.336. The maximum Gasteiger partial charge on any atom is 0.284 e. The van der Waals surface area contributed by atoms with Crippen molar-refractivity contribution in [2.24, 2.45) is 0 Å². The Balaban J connectivity index is 1.31. The van der Waals surface area contributed by atoms with Gasteiger partial charge in [-0.15, -0.1) is 5.10 Å². The number of amides is 1. The van der Waals surface area contributed by atoms with E-state index in [1.165, 1.54) is 4.90 Å². The normalized spacial score (nSPS) is 17.3. The molecule has 35 heavy (non-hydrogen) atoms. The first-order chi connectivity index (χ1) is 17.0. The number of carbonyl (C=O) groups is 1. The van der Waals surface area contributed by atoms with E-state index >= 15 is 0 Å². The van der Waals surface area contributed by atoms with Crippen LogP contribution >= 0.6 is 0 Å². The number of aromatic nitrogens is 6. The summed E-state index contributed by atoms with van der Waals surface area (Å²) >= 11 is 0. The highest BCUT2D eigenvalue weighted by atomic mass is 16.5. The summed E-state index contributed by atoms with van der Waals surface area (Å²) in [5.74, 6) is -0.0972. The molecule has 1 aromatic carbocycles. The maximum atomic E-state index is 13.2. The van der Waals surface area contributed by atoms with E-state index < -0.39 is 23.7 Å². The number of anilines is 2. The summed E-state index contributed by atoms with van der Waals surface area (Å²) in [5.41, 5.74) is 6.37. The van der Waals surface area contributed by atoms with Crippen molar-refractivity contribution in [2.75, 3.05) is 23.8 Å². The summed E-state index contributed by atoms with van der Waals surface area (Å²) in [6.07, 6.45) is 2.10. The molecule has 13 nitrogen and oxygen atoms in total. The van der Waals surface area contributed by atoms with Crippen molar-refractivity contribution in [1.82, 2.24) is 29.9 Å². The molecule has 1 aliphatic heterocycles. The van der Waals surface area contributed by atoms with Crippen molar-refractivity contribution in [3.8, 4) is 5.69 Å². The number of H-pyrrole nitrogens is 1. The number of pyridine rings is 1. The molecule has 5 heterocycles. The Morgan fingerprint density at radius 1 is 1.14 bits per heavy atom. The zero-order chi connectivity index (χ0) is 24.1. The van der Waals surface area contributed by atoms with E-state index in [-0.39, 0.29) is 41.3 Å². The molecule has 0 aliphatic carbocycles. The Morgan fingerprint density at radius 3 is 2.80 bits per heavy atom. The number of benzene rings is 1. The van der Waals surface area contributed by atoms with Crippen LogP contribution in [0.25, 0.3) is 27.6 Å². The van der Waals surface area contributed by atoms with Gasteiger partial charge in [0.05, 0.1) is 29.7 Å². The van der Waals surface area contributed by atoms with Gasteiger partial charge in [-0.05, 0) is 24.3 Å². The highest BCUT2D eigenvalue weighted by molar-refractivity contribution is 6.05. The summed E-state index contributed by atoms with van der Waals surface area (Å²) in [7, 11) is 0. The molecule has 1 saturated heterocycles. The number of nitrogens with two attached hydrogens (primary N) is 1. The van der Waals surface area contributed by atoms with Crippen LogP contribution in [0.5, 0.6) is 0 Å². The monoisotopic (exact) mass is 474 g/mol. The van der Waals surface area contributed by atoms with Crippen LogP contribution in [-0.2, 0) is 9.53 Å². The van der Waals surface area contributed by atoms with Gasteiger partial charge in [0.2, 0.25) is 0 Å². The fourth-order valence-corrected chi connectivity index (χ4v) is 4.09. The standard InChI is InChI=1S/C22H18N8O5/c23-19-12-1-2-13-15(17(12)35-28-19)21(32)26-20(25-13)16(31)18-22(33)29(9-10-34-18)14-5-8-30(27-14)11-3-6-24-7-4-11/h1-8,16,18,28,31H,9-10,23H2/t16-,18-/m1/s1. The Morgan fingerprint density at radius 2 is 1.97 bits per heavy atom. The summed E-state index contributed by atoms with van der Waals surface area (Å²) in [4.78, 5) is 39.6. The number of nitrogens with one attached hydrogen (secondary N) is 1. The number of carbonyl (C=O) groups excluding carboxylic acids is 1. The highest BCUT2D eigenvalue weighted by Crippen LogP contribution is 2.28. The summed E-state index contributed by atoms with van der Waals surface area (Å²) < 4.78 is 12.5. The Hall–Kier alpha value is -4.62. The molecule has 13 heteroatoms. The second-order valence-electron chi connectivity index (χ2n) is 7.89. The second-order valence-corrected chi connectivity index (χ2v) is 7.89. The summed E-state index contributed by atoms with van der Waals surface area (Å²) in [5, 5.41) is 18.5. The molecule has 2 atom stereocenters. The minimum Gasteiger partial charge on any atom is -0.382 e. The second kappa shape index (κ2) is 8.00. The fourth-order valence-electron chi connectivity index (χ4n) is 4.09. The topological polar surface area (TPSA) is 178 Å². The number of fused-ring (bicyclic) bond motifs is 3. The van der Waals surface area contributed by atoms with Crippen LogP contribution in [0.4, 0.5) is 11.6 Å². The van der Waals surface area contributed by atoms with Crippen LogP contribution < -0.4 is 16.2 Å². The number of rotatable bonds is 4. The van der Waals surface area contributed by atoms with Gasteiger partial charge in [-0.25, -0.2) is 14.8 Å². The molecule has 4 aromatic heterocycles. The third kappa shape index (κ3) is 3.41. The number of nitrogens with zero attached hydrogens (tertiary/aromatic N) is 6. The molecule has 6 rings (SSSR count). The summed E-state index contributed by atoms with van der Waals surface area (Å²) in [6, 6.07) is 8.46. The van der Waals surface area contributed by atoms with E-state index in [0.29, 0.717) is 11.2 Å². The predicted octanol–water partition coefficient (Wildman–Crippen LogP) is 0.693. The zero-order valence-electron chi connectivity index (χ0n) is 18.0. The molecule has 1 aliphatic rings. The number of hydrogen-bond donors (Lipinski definition) is 3. The van der Waals surface area contributed by atoms with Crippen molar-refractivity contribution < 1.29 is 19.2 Å². The highest BCUT2D eigenvalue weighted by Gasteiger charge is 2.39. The van der Waals surface area contributed by atoms with Crippen LogP contribution in [0.3, 0.4) is 0 Å². The molecule has 1 amide bonds. The van der Waals surface area contributed by atoms with Crippen molar-refractivity contribution in [1.29, 1.82) is 0 Å². The van der Waals surface area contributed by atoms with E-state index in [9.17, 15) is 14.7 Å². The van der Waals surface area contributed by atoms with Gasteiger partial charge in [0.1, 0.15) is 17.3 Å². The SMILES string of the molecule is Nc1[nH]oc2c1ccc1nc([C@H](O)[C@H]3OCCN(c4ccn(-c5ccncc5)n4)C3=O)nc(=O)c12. The van der Waals surface area contributed by atoms with Gasteiger partial charge in [0, 0.05) is 24.7 Å². The Bertz CT molecular complexity index is 1630. The maximum absolute atomic E-state index is 13.2. The van der Waals surface area contributed by atoms with Gasteiger partial charge in [-0.2, -0.15) is 4.98 Å². The van der Waals surface area contributed by atoms with Crippen molar-refractivity contribution in [3.05, 3.63) is 65.1 Å². The first-order valence-corrected chi connectivity index (χ1v) is 10.7. The first kappa shape index (κ1) is 20.9. The van der Waals surface area contributed by atoms with Crippen molar-refractivity contribution >= 4 is 39.4 Å². The smallest absolute Gasteiger partial charge is 0.284 e. The van der Waals surface area contributed by atoms with Gasteiger partial charge in [-0.1, -0.05) is 0 Å². The van der Waals surface area contributed by atoms with Crippen LogP contribution in [0.15, 0.2) is 58.2 Å². The number of hydrogen-bond acceptors (Lipinski definition) is 10. The van der Waals surface area contributed by atoms with Crippen LogP contribution in [0.2, 0.25) is 0 Å². The Labute approximate surface area is 195 Å². The van der Waals surface area contributed by atoms with E-state index in [1.807, 2.05) is 0 Å². The zero-order valence-corrected chi connectivity index (χ0v) is 18.0. The number of aliphatic hydroxyl groups excluding tert-OH is 1. The van der Waals surface area contributed by atoms with Crippen LogP contribution in [0, 0.1) is 0 Å². The van der Waals surface area contributed by atoms with Gasteiger partial charge in [0.25, 0.3) is 11.5 Å². The fraction of sp³-hybridized carbons (Fsp3) is 0.182. The molecule has 4 N–H and O–H groups in total. The van der Waals surface area contributed by atoms with Crippen molar-refractivity contribution in [3.63, 3.8) is 0 Å². The molecule has 1 fully saturated rings. The van der Waals surface area contributed by atoms with Gasteiger partial charge < -0.3 is 20.1 Å². The van der Waals surface area contributed by atoms with Gasteiger partial charge in [-0.3, -0.25) is 19.5 Å². The van der Waals surface area contributed by atoms with Gasteiger partial charge in [0.15, 0.2) is 23.3 Å². The number of aromatic amines is 1. The third-order valence-corrected chi connectivity index (χ3v) is 5.81. The molecule has 0 saturated carbocycles. The number of aliphatic hydroxyl groups is 1. The minimum absolute atomic E-state index is 0.116. The Kier molecular flexibility index (Phi) is 4.79. The largest absolute Gasteiger partial charge is 0.382 e.